The normalized spacial score (nSPS) is 14.5. The molecule has 43 heavy (non-hydrogen) atoms. The van der Waals surface area contributed by atoms with Crippen molar-refractivity contribution in [3.05, 3.63) is 36.4 Å². The first kappa shape index (κ1) is 36.0. The molecule has 0 radical (unpaired) electrons. The van der Waals surface area contributed by atoms with Crippen molar-refractivity contribution in [3.8, 4) is 0 Å². The highest BCUT2D eigenvalue weighted by Gasteiger charge is 2.32. The van der Waals surface area contributed by atoms with E-state index in [1.165, 1.54) is 48.6 Å². The second-order valence-electron chi connectivity index (χ2n) is 9.50. The van der Waals surface area contributed by atoms with E-state index in [-0.39, 0.29) is 25.0 Å². The van der Waals surface area contributed by atoms with Gasteiger partial charge >= 0.3 is 5.97 Å². The molecular weight excluding hydrogens is 619 g/mol. The lowest BCUT2D eigenvalue weighted by Gasteiger charge is -2.25. The molecule has 0 unspecified atom stereocenters. The number of imidazole rings is 2. The third-order valence-corrected chi connectivity index (χ3v) is 7.89. The summed E-state index contributed by atoms with van der Waals surface area (Å²) in [4.78, 5) is 77.8. The molecule has 9 N–H and O–H groups in total. The molecule has 2 rings (SSSR count). The summed E-state index contributed by atoms with van der Waals surface area (Å²) in [7, 11) is 0. The van der Waals surface area contributed by atoms with Crippen LogP contribution in [-0.4, -0.2) is 115 Å². The summed E-state index contributed by atoms with van der Waals surface area (Å²) in [6.07, 6.45) is 10.1. The Labute approximate surface area is 263 Å². The maximum Gasteiger partial charge on any atom is 0.326 e. The quantitative estimate of drug-likeness (QED) is 0.0759. The van der Waals surface area contributed by atoms with E-state index in [9.17, 15) is 29.1 Å². The van der Waals surface area contributed by atoms with E-state index < -0.39 is 59.8 Å². The van der Waals surface area contributed by atoms with Crippen molar-refractivity contribution >= 4 is 65.8 Å². The molecule has 0 bridgehead atoms. The van der Waals surface area contributed by atoms with E-state index >= 15 is 0 Å². The Morgan fingerprint density at radius 2 is 1.23 bits per heavy atom. The number of H-pyrrole nitrogens is 2. The third kappa shape index (κ3) is 12.5. The average Bonchev–Trinajstić information content (AvgIpc) is 3.70. The number of thioether (sulfide) groups is 2. The van der Waals surface area contributed by atoms with Gasteiger partial charge in [0, 0.05) is 42.4 Å². The van der Waals surface area contributed by atoms with Crippen LogP contribution >= 0.6 is 36.2 Å². The number of carboxylic acids is 1. The summed E-state index contributed by atoms with van der Waals surface area (Å²) < 4.78 is 0. The Kier molecular flexibility index (Phi) is 16.0. The Hall–Kier alpha value is -3.22. The molecule has 0 saturated carbocycles. The molecule has 0 aliphatic heterocycles. The molecule has 0 aliphatic rings. The predicted molar refractivity (Wildman–Crippen MR) is 168 cm³/mol. The van der Waals surface area contributed by atoms with Gasteiger partial charge in [-0.1, -0.05) is 0 Å². The van der Waals surface area contributed by atoms with Crippen molar-refractivity contribution in [2.45, 2.75) is 55.9 Å². The minimum atomic E-state index is -1.20. The smallest absolute Gasteiger partial charge is 0.326 e. The number of aromatic nitrogens is 4. The van der Waals surface area contributed by atoms with Gasteiger partial charge in [-0.15, -0.1) is 0 Å². The van der Waals surface area contributed by atoms with Crippen molar-refractivity contribution < 1.29 is 29.1 Å². The SMILES string of the molecule is CSCC[C@H](NC(=O)[C@H](Cc1cnc[nH]1)NC(=O)[C@H](CS)NC(=O)[C@H](Cc1cnc[nH]1)NC(=O)[C@@H](N)CCSC)C(=O)O. The molecule has 0 saturated heterocycles. The van der Waals surface area contributed by atoms with E-state index in [1.54, 1.807) is 0 Å². The minimum Gasteiger partial charge on any atom is -0.480 e. The zero-order chi connectivity index (χ0) is 31.8. The number of thiol groups is 1. The van der Waals surface area contributed by atoms with Crippen LogP contribution in [0.2, 0.25) is 0 Å². The molecule has 2 aromatic heterocycles. The molecule has 0 spiro atoms. The first-order chi connectivity index (χ1) is 20.6. The number of hydrogen-bond acceptors (Lipinski definition) is 11. The van der Waals surface area contributed by atoms with Crippen LogP contribution in [0.15, 0.2) is 25.0 Å². The number of aromatic amines is 2. The number of rotatable bonds is 20. The van der Waals surface area contributed by atoms with Gasteiger partial charge in [-0.3, -0.25) is 19.2 Å². The number of hydrogen-bond donors (Lipinski definition) is 9. The number of carbonyl (C=O) groups is 5. The standard InChI is InChI=1S/C25H39N9O6S3/c1-42-5-3-16(26)21(35)32-18(7-14-9-27-12-29-14)23(37)34-20(11-41)24(38)33-19(8-15-10-28-13-30-15)22(36)31-17(25(39)40)4-6-43-2/h9-10,12-13,16-20,41H,3-8,11,26H2,1-2H3,(H,27,29)(H,28,30)(H,31,36)(H,32,35)(H,33,38)(H,34,37)(H,39,40)/t16-,17-,18-,19-,20-/m0/s1. The van der Waals surface area contributed by atoms with E-state index in [2.05, 4.69) is 53.8 Å². The van der Waals surface area contributed by atoms with Crippen LogP contribution in [-0.2, 0) is 36.8 Å². The van der Waals surface area contributed by atoms with Gasteiger partial charge < -0.3 is 42.1 Å². The Morgan fingerprint density at radius 1 is 0.791 bits per heavy atom. The second kappa shape index (κ2) is 19.1. The fourth-order valence-electron chi connectivity index (χ4n) is 3.81. The lowest BCUT2D eigenvalue weighted by Crippen LogP contribution is -2.59. The van der Waals surface area contributed by atoms with Gasteiger partial charge in [-0.25, -0.2) is 14.8 Å². The maximum atomic E-state index is 13.3. The van der Waals surface area contributed by atoms with Crippen molar-refractivity contribution in [1.82, 2.24) is 41.2 Å². The molecule has 5 atom stereocenters. The highest BCUT2D eigenvalue weighted by molar-refractivity contribution is 7.98. The van der Waals surface area contributed by atoms with Gasteiger partial charge in [0.05, 0.1) is 18.7 Å². The third-order valence-electron chi connectivity index (χ3n) is 6.23. The molecule has 0 aliphatic carbocycles. The molecule has 2 heterocycles. The topological polar surface area (TPSA) is 237 Å². The van der Waals surface area contributed by atoms with Crippen LogP contribution in [0.5, 0.6) is 0 Å². The van der Waals surface area contributed by atoms with Gasteiger partial charge in [0.2, 0.25) is 23.6 Å². The van der Waals surface area contributed by atoms with E-state index in [0.29, 0.717) is 29.3 Å². The lowest BCUT2D eigenvalue weighted by atomic mass is 10.1. The molecule has 2 aromatic rings. The zero-order valence-corrected chi connectivity index (χ0v) is 26.4. The fraction of sp³-hybridized carbons (Fsp3) is 0.560. The first-order valence-corrected chi connectivity index (χ1v) is 16.7. The zero-order valence-electron chi connectivity index (χ0n) is 23.9. The fourth-order valence-corrected chi connectivity index (χ4v) is 5.03. The number of nitrogens with zero attached hydrogens (tertiary/aromatic N) is 2. The monoisotopic (exact) mass is 657 g/mol. The van der Waals surface area contributed by atoms with Gasteiger partial charge in [0.25, 0.3) is 0 Å². The molecule has 0 fully saturated rings. The number of carboxylic acid groups (broad SMARTS) is 1. The number of nitrogens with one attached hydrogen (secondary N) is 6. The van der Waals surface area contributed by atoms with Crippen LogP contribution < -0.4 is 27.0 Å². The largest absolute Gasteiger partial charge is 0.480 e. The summed E-state index contributed by atoms with van der Waals surface area (Å²) in [6.45, 7) is 0. The highest BCUT2D eigenvalue weighted by Crippen LogP contribution is 2.07. The summed E-state index contributed by atoms with van der Waals surface area (Å²) in [5, 5.41) is 19.9. The summed E-state index contributed by atoms with van der Waals surface area (Å²) in [5.74, 6) is -2.83. The Bertz CT molecular complexity index is 1170. The van der Waals surface area contributed by atoms with Crippen molar-refractivity contribution in [1.29, 1.82) is 0 Å². The summed E-state index contributed by atoms with van der Waals surface area (Å²) in [6, 6.07) is -5.49. The second-order valence-corrected chi connectivity index (χ2v) is 11.8. The average molecular weight is 658 g/mol. The minimum absolute atomic E-state index is 0.0217. The van der Waals surface area contributed by atoms with Gasteiger partial charge in [0.15, 0.2) is 0 Å². The van der Waals surface area contributed by atoms with E-state index in [1.807, 2.05) is 12.5 Å². The van der Waals surface area contributed by atoms with Crippen LogP contribution in [0, 0.1) is 0 Å². The molecule has 4 amide bonds. The summed E-state index contributed by atoms with van der Waals surface area (Å²) in [5.41, 5.74) is 7.07. The Balaban J connectivity index is 2.17. The van der Waals surface area contributed by atoms with Crippen molar-refractivity contribution in [3.63, 3.8) is 0 Å². The molecule has 18 heteroatoms. The van der Waals surface area contributed by atoms with Crippen molar-refractivity contribution in [2.75, 3.05) is 29.8 Å². The Morgan fingerprint density at radius 3 is 1.67 bits per heavy atom. The van der Waals surface area contributed by atoms with Crippen LogP contribution in [0.3, 0.4) is 0 Å². The van der Waals surface area contributed by atoms with Crippen molar-refractivity contribution in [2.24, 2.45) is 5.73 Å². The summed E-state index contributed by atoms with van der Waals surface area (Å²) >= 11 is 7.19. The maximum absolute atomic E-state index is 13.3. The van der Waals surface area contributed by atoms with E-state index in [0.717, 1.165) is 0 Å². The predicted octanol–water partition coefficient (Wildman–Crippen LogP) is -1.29. The molecule has 238 valence electrons. The van der Waals surface area contributed by atoms with Crippen LogP contribution in [0.25, 0.3) is 0 Å². The molecule has 15 nitrogen and oxygen atoms in total. The number of aliphatic carboxylic acids is 1. The molecular formula is C25H39N9O6S3. The van der Waals surface area contributed by atoms with Crippen LogP contribution in [0.1, 0.15) is 24.2 Å². The highest BCUT2D eigenvalue weighted by atomic mass is 32.2. The van der Waals surface area contributed by atoms with Crippen LogP contribution in [0.4, 0.5) is 0 Å². The number of nitrogens with two attached hydrogens (primary N) is 1. The molecule has 0 aromatic carbocycles. The van der Waals surface area contributed by atoms with Gasteiger partial charge in [-0.05, 0) is 36.9 Å². The number of amides is 4. The first-order valence-electron chi connectivity index (χ1n) is 13.3. The number of carbonyl (C=O) groups excluding carboxylic acids is 4. The van der Waals surface area contributed by atoms with E-state index in [4.69, 9.17) is 5.73 Å². The van der Waals surface area contributed by atoms with Gasteiger partial charge in [0.1, 0.15) is 24.2 Å². The van der Waals surface area contributed by atoms with Gasteiger partial charge in [-0.2, -0.15) is 36.2 Å². The lowest BCUT2D eigenvalue weighted by molar-refractivity contribution is -0.142.